The maximum atomic E-state index is 12.6. The molecule has 1 aliphatic rings. The first-order chi connectivity index (χ1) is 10.0. The molecule has 1 saturated carbocycles. The lowest BCUT2D eigenvalue weighted by atomic mass is 9.95. The number of nitrogens with one attached hydrogen (secondary N) is 2. The van der Waals surface area contributed by atoms with Gasteiger partial charge in [-0.1, -0.05) is 37.6 Å². The zero-order valence-electron chi connectivity index (χ0n) is 12.1. The Morgan fingerprint density at radius 2 is 2.14 bits per heavy atom. The lowest BCUT2D eigenvalue weighted by Gasteiger charge is -2.14. The normalized spacial score (nSPS) is 16.0. The van der Waals surface area contributed by atoms with E-state index in [9.17, 15) is 4.79 Å². The number of rotatable bonds is 4. The molecule has 0 saturated heterocycles. The largest absolute Gasteiger partial charge is 0.308 e. The number of hydrogen-bond acceptors (Lipinski definition) is 2. The van der Waals surface area contributed by atoms with Gasteiger partial charge in [-0.25, -0.2) is 0 Å². The topological polar surface area (TPSA) is 57.8 Å². The highest BCUT2D eigenvalue weighted by molar-refractivity contribution is 6.30. The first-order valence-corrected chi connectivity index (χ1v) is 7.52. The Kier molecular flexibility index (Phi) is 3.49. The average Bonchev–Trinajstić information content (AvgIpc) is 3.13. The first-order valence-electron chi connectivity index (χ1n) is 7.14. The number of nitrogens with zero attached hydrogens (tertiary/aromatic N) is 1. The minimum atomic E-state index is -0.443. The van der Waals surface area contributed by atoms with Gasteiger partial charge < -0.3 is 5.32 Å². The van der Waals surface area contributed by atoms with Crippen LogP contribution in [0, 0.1) is 0 Å². The van der Waals surface area contributed by atoms with E-state index in [1.165, 1.54) is 0 Å². The lowest BCUT2D eigenvalue weighted by molar-refractivity contribution is -0.118. The number of aromatic amines is 1. The van der Waals surface area contributed by atoms with Crippen LogP contribution >= 0.6 is 11.6 Å². The molecule has 1 aromatic heterocycles. The summed E-state index contributed by atoms with van der Waals surface area (Å²) >= 11 is 6.03. The third-order valence-electron chi connectivity index (χ3n) is 4.02. The number of carbonyl (C=O) groups is 1. The lowest BCUT2D eigenvalue weighted by Crippen LogP contribution is -2.27. The van der Waals surface area contributed by atoms with Gasteiger partial charge in [0.1, 0.15) is 0 Å². The number of aromatic nitrogens is 2. The van der Waals surface area contributed by atoms with Crippen molar-refractivity contribution in [3.05, 3.63) is 46.6 Å². The molecule has 1 fully saturated rings. The van der Waals surface area contributed by atoms with Crippen LogP contribution in [0.3, 0.4) is 0 Å². The minimum absolute atomic E-state index is 0.00780. The molecule has 0 aliphatic heterocycles. The predicted molar refractivity (Wildman–Crippen MR) is 83.7 cm³/mol. The summed E-state index contributed by atoms with van der Waals surface area (Å²) in [4.78, 5) is 12.6. The molecule has 1 amide bonds. The van der Waals surface area contributed by atoms with E-state index >= 15 is 0 Å². The number of H-pyrrole nitrogens is 1. The molecule has 0 bridgehead atoms. The Morgan fingerprint density at radius 1 is 1.38 bits per heavy atom. The van der Waals surface area contributed by atoms with Gasteiger partial charge in [-0.2, -0.15) is 5.10 Å². The molecule has 0 spiro atoms. The first kappa shape index (κ1) is 14.1. The van der Waals surface area contributed by atoms with E-state index < -0.39 is 5.41 Å². The van der Waals surface area contributed by atoms with Crippen molar-refractivity contribution in [2.45, 2.75) is 38.0 Å². The van der Waals surface area contributed by atoms with E-state index in [1.54, 1.807) is 0 Å². The summed E-state index contributed by atoms with van der Waals surface area (Å²) in [6.07, 6.45) is 1.70. The summed E-state index contributed by atoms with van der Waals surface area (Å²) in [5.41, 5.74) is 1.55. The maximum absolute atomic E-state index is 12.6. The van der Waals surface area contributed by atoms with E-state index in [0.29, 0.717) is 16.8 Å². The van der Waals surface area contributed by atoms with Gasteiger partial charge in [0.05, 0.1) is 5.41 Å². The van der Waals surface area contributed by atoms with Gasteiger partial charge in [-0.15, -0.1) is 0 Å². The molecule has 110 valence electrons. The Labute approximate surface area is 128 Å². The fraction of sp³-hybridized carbons (Fsp3) is 0.375. The number of hydrogen-bond donors (Lipinski definition) is 2. The number of benzene rings is 1. The fourth-order valence-electron chi connectivity index (χ4n) is 2.49. The summed E-state index contributed by atoms with van der Waals surface area (Å²) in [6.45, 7) is 4.15. The Balaban J connectivity index is 1.78. The van der Waals surface area contributed by atoms with Crippen LogP contribution in [0.4, 0.5) is 5.82 Å². The summed E-state index contributed by atoms with van der Waals surface area (Å²) < 4.78 is 0. The smallest absolute Gasteiger partial charge is 0.236 e. The quantitative estimate of drug-likeness (QED) is 0.901. The van der Waals surface area contributed by atoms with Crippen molar-refractivity contribution in [3.63, 3.8) is 0 Å². The molecule has 1 heterocycles. The molecular weight excluding hydrogens is 286 g/mol. The Bertz CT molecular complexity index is 674. The molecule has 0 radical (unpaired) electrons. The van der Waals surface area contributed by atoms with Crippen LogP contribution in [0.1, 0.15) is 43.9 Å². The molecule has 3 rings (SSSR count). The van der Waals surface area contributed by atoms with Crippen molar-refractivity contribution in [2.24, 2.45) is 0 Å². The third kappa shape index (κ3) is 2.68. The third-order valence-corrected chi connectivity index (χ3v) is 4.26. The number of halogens is 1. The second-order valence-corrected chi connectivity index (χ2v) is 6.35. The molecule has 0 unspecified atom stereocenters. The SMILES string of the molecule is CC(C)c1cc(NC(=O)C2(c3cccc(Cl)c3)CC2)n[nH]1. The summed E-state index contributed by atoms with van der Waals surface area (Å²) in [7, 11) is 0. The molecule has 21 heavy (non-hydrogen) atoms. The van der Waals surface area contributed by atoms with Gasteiger partial charge in [0.2, 0.25) is 5.91 Å². The van der Waals surface area contributed by atoms with Gasteiger partial charge in [-0.05, 0) is 36.5 Å². The van der Waals surface area contributed by atoms with E-state index in [0.717, 1.165) is 24.1 Å². The minimum Gasteiger partial charge on any atom is -0.308 e. The summed E-state index contributed by atoms with van der Waals surface area (Å²) in [5.74, 6) is 0.926. The second kappa shape index (κ2) is 5.19. The van der Waals surface area contributed by atoms with Crippen LogP contribution in [0.5, 0.6) is 0 Å². The molecule has 1 aromatic carbocycles. The van der Waals surface area contributed by atoms with Gasteiger partial charge >= 0.3 is 0 Å². The Hall–Kier alpha value is -1.81. The standard InChI is InChI=1S/C16H18ClN3O/c1-10(2)13-9-14(20-19-13)18-15(21)16(6-7-16)11-4-3-5-12(17)8-11/h3-5,8-10H,6-7H2,1-2H3,(H2,18,19,20,21). The van der Waals surface area contributed by atoms with Crippen molar-refractivity contribution in [2.75, 3.05) is 5.32 Å². The molecule has 2 aromatic rings. The summed E-state index contributed by atoms with van der Waals surface area (Å²) in [6, 6.07) is 9.43. The van der Waals surface area contributed by atoms with E-state index in [1.807, 2.05) is 30.3 Å². The monoisotopic (exact) mass is 303 g/mol. The number of carbonyl (C=O) groups excluding carboxylic acids is 1. The van der Waals surface area contributed by atoms with Crippen molar-refractivity contribution in [3.8, 4) is 0 Å². The van der Waals surface area contributed by atoms with Crippen molar-refractivity contribution in [1.29, 1.82) is 0 Å². The van der Waals surface area contributed by atoms with Gasteiger partial charge in [-0.3, -0.25) is 9.89 Å². The van der Waals surface area contributed by atoms with Crippen LogP contribution in [-0.4, -0.2) is 16.1 Å². The van der Waals surface area contributed by atoms with Crippen LogP contribution in [0.25, 0.3) is 0 Å². The average molecular weight is 304 g/mol. The van der Waals surface area contributed by atoms with Gasteiger partial charge in [0.25, 0.3) is 0 Å². The predicted octanol–water partition coefficient (Wildman–Crippen LogP) is 3.86. The van der Waals surface area contributed by atoms with Crippen molar-refractivity contribution < 1.29 is 4.79 Å². The highest BCUT2D eigenvalue weighted by Gasteiger charge is 2.51. The molecular formula is C16H18ClN3O. The molecule has 1 aliphatic carbocycles. The highest BCUT2D eigenvalue weighted by atomic mass is 35.5. The van der Waals surface area contributed by atoms with Crippen molar-refractivity contribution in [1.82, 2.24) is 10.2 Å². The molecule has 5 heteroatoms. The zero-order valence-corrected chi connectivity index (χ0v) is 12.9. The highest BCUT2D eigenvalue weighted by Crippen LogP contribution is 2.49. The van der Waals surface area contributed by atoms with Crippen molar-refractivity contribution >= 4 is 23.3 Å². The van der Waals surface area contributed by atoms with Gasteiger partial charge in [0, 0.05) is 16.8 Å². The molecule has 4 nitrogen and oxygen atoms in total. The number of amides is 1. The maximum Gasteiger partial charge on any atom is 0.236 e. The zero-order chi connectivity index (χ0) is 15.0. The fourth-order valence-corrected chi connectivity index (χ4v) is 2.68. The van der Waals surface area contributed by atoms with Crippen LogP contribution in [0.2, 0.25) is 5.02 Å². The number of anilines is 1. The van der Waals surface area contributed by atoms with E-state index in [2.05, 4.69) is 29.4 Å². The van der Waals surface area contributed by atoms with Crippen LogP contribution < -0.4 is 5.32 Å². The van der Waals surface area contributed by atoms with Crippen LogP contribution in [-0.2, 0) is 10.2 Å². The Morgan fingerprint density at radius 3 is 2.71 bits per heavy atom. The summed E-state index contributed by atoms with van der Waals surface area (Å²) in [5, 5.41) is 10.7. The molecule has 2 N–H and O–H groups in total. The molecule has 0 atom stereocenters. The van der Waals surface area contributed by atoms with E-state index in [-0.39, 0.29) is 5.91 Å². The second-order valence-electron chi connectivity index (χ2n) is 5.91. The van der Waals surface area contributed by atoms with Crippen LogP contribution in [0.15, 0.2) is 30.3 Å². The van der Waals surface area contributed by atoms with E-state index in [4.69, 9.17) is 11.6 Å². The van der Waals surface area contributed by atoms with Gasteiger partial charge in [0.15, 0.2) is 5.82 Å².